The number of rotatable bonds is 9. The number of thioether (sulfide) groups is 1. The van der Waals surface area contributed by atoms with Crippen LogP contribution in [0.15, 0.2) is 114 Å². The number of carbonyl (C=O) groups excluding carboxylic acids is 3. The molecule has 3 N–H and O–H groups in total. The number of anilines is 2. The Morgan fingerprint density at radius 2 is 1.33 bits per heavy atom. The molecule has 0 saturated heterocycles. The van der Waals surface area contributed by atoms with Crippen molar-refractivity contribution in [3.63, 3.8) is 0 Å². The van der Waals surface area contributed by atoms with E-state index in [-0.39, 0.29) is 23.3 Å². The minimum Gasteiger partial charge on any atom is -0.325 e. The molecule has 0 aliphatic heterocycles. The first kappa shape index (κ1) is 27.4. The van der Waals surface area contributed by atoms with E-state index >= 15 is 0 Å². The van der Waals surface area contributed by atoms with E-state index in [9.17, 15) is 14.4 Å². The topological polar surface area (TPSA) is 87.3 Å². The molecule has 39 heavy (non-hydrogen) atoms. The number of benzene rings is 4. The molecule has 0 fully saturated rings. The van der Waals surface area contributed by atoms with E-state index in [1.807, 2.05) is 74.5 Å². The monoisotopic (exact) mass is 535 g/mol. The van der Waals surface area contributed by atoms with E-state index in [1.54, 1.807) is 42.5 Å². The molecular formula is C32H29N3O3S. The highest BCUT2D eigenvalue weighted by molar-refractivity contribution is 8.00. The summed E-state index contributed by atoms with van der Waals surface area (Å²) in [6.45, 7) is 3.99. The molecule has 0 bridgehead atoms. The van der Waals surface area contributed by atoms with Gasteiger partial charge < -0.3 is 16.0 Å². The molecule has 4 rings (SSSR count). The Morgan fingerprint density at radius 3 is 1.97 bits per heavy atom. The van der Waals surface area contributed by atoms with Gasteiger partial charge in [0, 0.05) is 21.8 Å². The summed E-state index contributed by atoms with van der Waals surface area (Å²) in [7, 11) is 0. The van der Waals surface area contributed by atoms with Crippen molar-refractivity contribution < 1.29 is 14.4 Å². The van der Waals surface area contributed by atoms with Crippen LogP contribution >= 0.6 is 11.8 Å². The van der Waals surface area contributed by atoms with Gasteiger partial charge in [-0.25, -0.2) is 0 Å². The van der Waals surface area contributed by atoms with Crippen LogP contribution in [0.2, 0.25) is 0 Å². The predicted octanol–water partition coefficient (Wildman–Crippen LogP) is 6.44. The van der Waals surface area contributed by atoms with Crippen LogP contribution in [0.3, 0.4) is 0 Å². The first-order chi connectivity index (χ1) is 18.9. The Bertz CT molecular complexity index is 1460. The maximum atomic E-state index is 13.2. The van der Waals surface area contributed by atoms with E-state index in [0.29, 0.717) is 11.3 Å². The van der Waals surface area contributed by atoms with Gasteiger partial charge in [-0.2, -0.15) is 0 Å². The maximum Gasteiger partial charge on any atom is 0.272 e. The number of aryl methyl sites for hydroxylation is 2. The van der Waals surface area contributed by atoms with Gasteiger partial charge in [-0.15, -0.1) is 11.8 Å². The first-order valence-corrected chi connectivity index (χ1v) is 13.4. The lowest BCUT2D eigenvalue weighted by Crippen LogP contribution is -2.30. The Hall–Kier alpha value is -4.62. The van der Waals surface area contributed by atoms with Gasteiger partial charge in [0.15, 0.2) is 0 Å². The summed E-state index contributed by atoms with van der Waals surface area (Å²) >= 11 is 1.40. The second-order valence-electron chi connectivity index (χ2n) is 8.98. The van der Waals surface area contributed by atoms with E-state index in [1.165, 1.54) is 11.8 Å². The van der Waals surface area contributed by atoms with Crippen LogP contribution in [0.4, 0.5) is 11.4 Å². The fourth-order valence-electron chi connectivity index (χ4n) is 3.88. The van der Waals surface area contributed by atoms with Crippen molar-refractivity contribution in [3.05, 3.63) is 131 Å². The number of nitrogens with one attached hydrogen (secondary N) is 3. The predicted molar refractivity (Wildman–Crippen MR) is 159 cm³/mol. The smallest absolute Gasteiger partial charge is 0.272 e. The molecule has 7 heteroatoms. The fraction of sp³-hybridized carbons (Fsp3) is 0.0938. The van der Waals surface area contributed by atoms with E-state index < -0.39 is 5.91 Å². The van der Waals surface area contributed by atoms with Crippen LogP contribution in [0.5, 0.6) is 0 Å². The molecule has 0 atom stereocenters. The molecular weight excluding hydrogens is 506 g/mol. The standard InChI is InChI=1S/C32H29N3O3S/c1-22-17-23(2)19-27(18-22)33-30(36)21-39-28-15-13-26(14-16-28)34-32(38)29(20-24-9-5-3-6-10-24)35-31(37)25-11-7-4-8-12-25/h3-20H,21H2,1-2H3,(H,33,36)(H,34,38)(H,35,37). The van der Waals surface area contributed by atoms with Crippen molar-refractivity contribution in [2.24, 2.45) is 0 Å². The molecule has 0 aliphatic carbocycles. The van der Waals surface area contributed by atoms with Crippen molar-refractivity contribution in [1.82, 2.24) is 5.32 Å². The third kappa shape index (κ3) is 8.45. The van der Waals surface area contributed by atoms with Crippen LogP contribution in [0, 0.1) is 13.8 Å². The van der Waals surface area contributed by atoms with Crippen LogP contribution < -0.4 is 16.0 Å². The van der Waals surface area contributed by atoms with E-state index in [4.69, 9.17) is 0 Å². The zero-order chi connectivity index (χ0) is 27.6. The van der Waals surface area contributed by atoms with Gasteiger partial charge in [0.25, 0.3) is 11.8 Å². The van der Waals surface area contributed by atoms with Crippen LogP contribution in [-0.4, -0.2) is 23.5 Å². The molecule has 0 unspecified atom stereocenters. The molecule has 0 aliphatic rings. The average molecular weight is 536 g/mol. The average Bonchev–Trinajstić information content (AvgIpc) is 2.92. The van der Waals surface area contributed by atoms with Crippen molar-refractivity contribution in [2.45, 2.75) is 18.7 Å². The molecule has 196 valence electrons. The quantitative estimate of drug-likeness (QED) is 0.170. The van der Waals surface area contributed by atoms with Gasteiger partial charge in [0.1, 0.15) is 5.70 Å². The number of carbonyl (C=O) groups is 3. The van der Waals surface area contributed by atoms with Crippen LogP contribution in [0.25, 0.3) is 6.08 Å². The van der Waals surface area contributed by atoms with Gasteiger partial charge in [0.05, 0.1) is 5.75 Å². The summed E-state index contributed by atoms with van der Waals surface area (Å²) < 4.78 is 0. The van der Waals surface area contributed by atoms with Gasteiger partial charge in [-0.3, -0.25) is 14.4 Å². The van der Waals surface area contributed by atoms with Crippen LogP contribution in [-0.2, 0) is 9.59 Å². The third-order valence-corrected chi connectivity index (χ3v) is 6.64. The lowest BCUT2D eigenvalue weighted by atomic mass is 10.1. The van der Waals surface area contributed by atoms with Gasteiger partial charge in [-0.05, 0) is 85.1 Å². The van der Waals surface area contributed by atoms with Crippen molar-refractivity contribution in [2.75, 3.05) is 16.4 Å². The molecule has 3 amide bonds. The maximum absolute atomic E-state index is 13.2. The van der Waals surface area contributed by atoms with Gasteiger partial charge in [0.2, 0.25) is 5.91 Å². The van der Waals surface area contributed by atoms with Gasteiger partial charge in [-0.1, -0.05) is 54.6 Å². The molecule has 4 aromatic rings. The summed E-state index contributed by atoms with van der Waals surface area (Å²) in [5.74, 6) is -0.656. The number of amides is 3. The summed E-state index contributed by atoms with van der Waals surface area (Å²) in [5, 5.41) is 8.51. The molecule has 0 radical (unpaired) electrons. The Morgan fingerprint density at radius 1 is 0.718 bits per heavy atom. The summed E-state index contributed by atoms with van der Waals surface area (Å²) in [6, 6.07) is 31.2. The summed E-state index contributed by atoms with van der Waals surface area (Å²) in [5.41, 5.74) is 4.89. The first-order valence-electron chi connectivity index (χ1n) is 12.4. The summed E-state index contributed by atoms with van der Waals surface area (Å²) in [6.07, 6.45) is 1.63. The fourth-order valence-corrected chi connectivity index (χ4v) is 4.58. The zero-order valence-corrected chi connectivity index (χ0v) is 22.5. The molecule has 4 aromatic carbocycles. The number of hydrogen-bond acceptors (Lipinski definition) is 4. The van der Waals surface area contributed by atoms with Crippen molar-refractivity contribution >= 4 is 46.9 Å². The highest BCUT2D eigenvalue weighted by atomic mass is 32.2. The third-order valence-electron chi connectivity index (χ3n) is 5.63. The SMILES string of the molecule is Cc1cc(C)cc(NC(=O)CSc2ccc(NC(=O)C(=Cc3ccccc3)NC(=O)c3ccccc3)cc2)c1. The van der Waals surface area contributed by atoms with Crippen molar-refractivity contribution in [1.29, 1.82) is 0 Å². The van der Waals surface area contributed by atoms with Crippen molar-refractivity contribution in [3.8, 4) is 0 Å². The number of hydrogen-bond donors (Lipinski definition) is 3. The minimum absolute atomic E-state index is 0.0905. The lowest BCUT2D eigenvalue weighted by Gasteiger charge is -2.12. The molecule has 0 heterocycles. The summed E-state index contributed by atoms with van der Waals surface area (Å²) in [4.78, 5) is 39.2. The second kappa shape index (κ2) is 13.3. The Balaban J connectivity index is 1.38. The van der Waals surface area contributed by atoms with Gasteiger partial charge >= 0.3 is 0 Å². The molecule has 0 saturated carbocycles. The molecule has 0 spiro atoms. The normalized spacial score (nSPS) is 11.0. The Labute approximate surface area is 232 Å². The zero-order valence-electron chi connectivity index (χ0n) is 21.7. The van der Waals surface area contributed by atoms with E-state index in [2.05, 4.69) is 22.0 Å². The van der Waals surface area contributed by atoms with E-state index in [0.717, 1.165) is 27.3 Å². The molecule has 0 aromatic heterocycles. The highest BCUT2D eigenvalue weighted by Gasteiger charge is 2.15. The largest absolute Gasteiger partial charge is 0.325 e. The molecule has 6 nitrogen and oxygen atoms in total. The second-order valence-corrected chi connectivity index (χ2v) is 10.0. The Kier molecular flexibility index (Phi) is 9.32. The lowest BCUT2D eigenvalue weighted by molar-refractivity contribution is -0.114. The minimum atomic E-state index is -0.448. The highest BCUT2D eigenvalue weighted by Crippen LogP contribution is 2.22. The van der Waals surface area contributed by atoms with Crippen LogP contribution in [0.1, 0.15) is 27.0 Å².